The molecular weight excluding hydrogens is 316 g/mol. The lowest BCUT2D eigenvalue weighted by molar-refractivity contribution is 0.569. The second-order valence-electron chi connectivity index (χ2n) is 7.09. The Hall–Kier alpha value is -2.11. The number of allylic oxidation sites excluding steroid dienone is 1. The summed E-state index contributed by atoms with van der Waals surface area (Å²) in [5.74, 6) is 1.71. The van der Waals surface area contributed by atoms with E-state index in [1.54, 1.807) is 18.0 Å². The number of hydrogen-bond donors (Lipinski definition) is 0. The molecule has 0 amide bonds. The first kappa shape index (κ1) is 18.2. The van der Waals surface area contributed by atoms with Gasteiger partial charge in [-0.25, -0.2) is 4.99 Å². The van der Waals surface area contributed by atoms with E-state index >= 15 is 0 Å². The summed E-state index contributed by atoms with van der Waals surface area (Å²) >= 11 is 1.72. The van der Waals surface area contributed by atoms with Crippen molar-refractivity contribution < 1.29 is 0 Å². The number of nitrogens with zero attached hydrogens (tertiary/aromatic N) is 4. The minimum absolute atomic E-state index is 0.0343. The highest BCUT2D eigenvalue weighted by atomic mass is 32.2. The standard InChI is InChI=1S/C19H22N4S/c1-13-5-8-17(24-12-13)23-18(15(9-20)10-21)14-6-7-16(22-11-14)19(2,3)4/h6-7,11,13H,5,8,12H2,1-4H3/b23-17-. The van der Waals surface area contributed by atoms with Gasteiger partial charge in [0, 0.05) is 28.6 Å². The van der Waals surface area contributed by atoms with Gasteiger partial charge in [-0.3, -0.25) is 4.98 Å². The predicted molar refractivity (Wildman–Crippen MR) is 99.4 cm³/mol. The Bertz CT molecular complexity index is 714. The second kappa shape index (κ2) is 7.64. The average molecular weight is 338 g/mol. The van der Waals surface area contributed by atoms with Gasteiger partial charge >= 0.3 is 0 Å². The van der Waals surface area contributed by atoms with E-state index in [-0.39, 0.29) is 11.0 Å². The van der Waals surface area contributed by atoms with Crippen LogP contribution in [0.15, 0.2) is 28.9 Å². The van der Waals surface area contributed by atoms with Crippen LogP contribution in [0.3, 0.4) is 0 Å². The lowest BCUT2D eigenvalue weighted by Crippen LogP contribution is -2.13. The molecule has 0 aliphatic carbocycles. The SMILES string of the molecule is CC1CC/C(=N/C(=C(C#N)C#N)c2ccc(C(C)(C)C)nc2)SC1. The molecular formula is C19H22N4S. The van der Waals surface area contributed by atoms with Crippen molar-refractivity contribution in [3.8, 4) is 12.1 Å². The van der Waals surface area contributed by atoms with Crippen molar-refractivity contribution in [3.63, 3.8) is 0 Å². The third kappa shape index (κ3) is 4.46. The first-order valence-electron chi connectivity index (χ1n) is 8.07. The molecule has 2 rings (SSSR count). The molecule has 5 heteroatoms. The van der Waals surface area contributed by atoms with Gasteiger partial charge in [-0.2, -0.15) is 10.5 Å². The number of hydrogen-bond acceptors (Lipinski definition) is 5. The molecule has 0 N–H and O–H groups in total. The van der Waals surface area contributed by atoms with Gasteiger partial charge in [0.1, 0.15) is 17.8 Å². The van der Waals surface area contributed by atoms with Gasteiger partial charge in [0.05, 0.1) is 5.04 Å². The molecule has 0 bridgehead atoms. The Morgan fingerprint density at radius 3 is 2.46 bits per heavy atom. The number of nitriles is 2. The predicted octanol–water partition coefficient (Wildman–Crippen LogP) is 4.70. The van der Waals surface area contributed by atoms with E-state index in [4.69, 9.17) is 0 Å². The Kier molecular flexibility index (Phi) is 5.80. The van der Waals surface area contributed by atoms with Crippen LogP contribution in [-0.4, -0.2) is 15.8 Å². The summed E-state index contributed by atoms with van der Waals surface area (Å²) in [6.45, 7) is 8.52. The third-order valence-corrected chi connectivity index (χ3v) is 5.25. The van der Waals surface area contributed by atoms with Gasteiger partial charge in [0.2, 0.25) is 0 Å². The van der Waals surface area contributed by atoms with Crippen molar-refractivity contribution in [1.82, 2.24) is 4.98 Å². The molecule has 1 aromatic rings. The van der Waals surface area contributed by atoms with Crippen molar-refractivity contribution in [2.45, 2.75) is 46.0 Å². The monoisotopic (exact) mass is 338 g/mol. The number of rotatable bonds is 2. The molecule has 1 atom stereocenters. The molecule has 0 aromatic carbocycles. The molecule has 0 radical (unpaired) electrons. The highest BCUT2D eigenvalue weighted by Gasteiger charge is 2.18. The van der Waals surface area contributed by atoms with Crippen LogP contribution >= 0.6 is 11.8 Å². The number of thioether (sulfide) groups is 1. The van der Waals surface area contributed by atoms with E-state index < -0.39 is 0 Å². The van der Waals surface area contributed by atoms with Gasteiger partial charge in [-0.15, -0.1) is 11.8 Å². The number of pyridine rings is 1. The van der Waals surface area contributed by atoms with Crippen molar-refractivity contribution in [1.29, 1.82) is 10.5 Å². The summed E-state index contributed by atoms with van der Waals surface area (Å²) in [6.07, 6.45) is 3.70. The zero-order chi connectivity index (χ0) is 17.7. The van der Waals surface area contributed by atoms with E-state index in [0.29, 0.717) is 17.2 Å². The fourth-order valence-corrected chi connectivity index (χ4v) is 3.41. The van der Waals surface area contributed by atoms with Crippen LogP contribution in [0.4, 0.5) is 0 Å². The zero-order valence-electron chi connectivity index (χ0n) is 14.6. The van der Waals surface area contributed by atoms with Crippen molar-refractivity contribution in [2.75, 3.05) is 5.75 Å². The molecule has 1 aromatic heterocycles. The van der Waals surface area contributed by atoms with Crippen molar-refractivity contribution >= 4 is 22.5 Å². The number of aromatic nitrogens is 1. The molecule has 24 heavy (non-hydrogen) atoms. The summed E-state index contributed by atoms with van der Waals surface area (Å²) in [7, 11) is 0. The van der Waals surface area contributed by atoms with Crippen LogP contribution in [-0.2, 0) is 5.41 Å². The van der Waals surface area contributed by atoms with Gasteiger partial charge in [0.15, 0.2) is 5.57 Å². The van der Waals surface area contributed by atoms with E-state index in [9.17, 15) is 10.5 Å². The van der Waals surface area contributed by atoms with Gasteiger partial charge in [-0.05, 0) is 30.9 Å². The lowest BCUT2D eigenvalue weighted by Gasteiger charge is -2.19. The van der Waals surface area contributed by atoms with E-state index in [1.165, 1.54) is 0 Å². The second-order valence-corrected chi connectivity index (χ2v) is 8.18. The Labute approximate surface area is 148 Å². The smallest absolute Gasteiger partial charge is 0.155 e. The maximum Gasteiger partial charge on any atom is 0.155 e. The summed E-state index contributed by atoms with van der Waals surface area (Å²) in [5.41, 5.74) is 2.11. The van der Waals surface area contributed by atoms with Gasteiger partial charge in [0.25, 0.3) is 0 Å². The van der Waals surface area contributed by atoms with Crippen LogP contribution in [0.5, 0.6) is 0 Å². The summed E-state index contributed by atoms with van der Waals surface area (Å²) in [5, 5.41) is 19.6. The molecule has 2 heterocycles. The largest absolute Gasteiger partial charge is 0.260 e. The first-order chi connectivity index (χ1) is 11.3. The molecule has 1 fully saturated rings. The third-order valence-electron chi connectivity index (χ3n) is 3.89. The topological polar surface area (TPSA) is 72.8 Å². The molecule has 1 aliphatic rings. The normalized spacial score (nSPS) is 19.4. The van der Waals surface area contributed by atoms with E-state index in [0.717, 1.165) is 29.3 Å². The minimum Gasteiger partial charge on any atom is -0.260 e. The summed E-state index contributed by atoms with van der Waals surface area (Å²) in [4.78, 5) is 9.15. The molecule has 4 nitrogen and oxygen atoms in total. The molecule has 0 saturated carbocycles. The lowest BCUT2D eigenvalue weighted by atomic mass is 9.91. The highest BCUT2D eigenvalue weighted by molar-refractivity contribution is 8.14. The Morgan fingerprint density at radius 2 is 2.00 bits per heavy atom. The van der Waals surface area contributed by atoms with Crippen LogP contribution < -0.4 is 0 Å². The maximum atomic E-state index is 9.29. The highest BCUT2D eigenvalue weighted by Crippen LogP contribution is 2.29. The van der Waals surface area contributed by atoms with Gasteiger partial charge < -0.3 is 0 Å². The van der Waals surface area contributed by atoms with Gasteiger partial charge in [-0.1, -0.05) is 27.7 Å². The van der Waals surface area contributed by atoms with Crippen LogP contribution in [0.1, 0.15) is 51.8 Å². The van der Waals surface area contributed by atoms with Crippen LogP contribution in [0.25, 0.3) is 5.70 Å². The Morgan fingerprint density at radius 1 is 1.29 bits per heavy atom. The Balaban J connectivity index is 2.42. The molecule has 0 spiro atoms. The fourth-order valence-electron chi connectivity index (χ4n) is 2.35. The summed E-state index contributed by atoms with van der Waals surface area (Å²) < 4.78 is 0. The van der Waals surface area contributed by atoms with E-state index in [2.05, 4.69) is 37.7 Å². The molecule has 124 valence electrons. The molecule has 1 saturated heterocycles. The van der Waals surface area contributed by atoms with Crippen LogP contribution in [0.2, 0.25) is 0 Å². The van der Waals surface area contributed by atoms with Crippen molar-refractivity contribution in [3.05, 3.63) is 35.2 Å². The van der Waals surface area contributed by atoms with Crippen LogP contribution in [0, 0.1) is 28.6 Å². The first-order valence-corrected chi connectivity index (χ1v) is 9.05. The zero-order valence-corrected chi connectivity index (χ0v) is 15.4. The minimum atomic E-state index is -0.0447. The maximum absolute atomic E-state index is 9.29. The molecule has 1 unspecified atom stereocenters. The quantitative estimate of drug-likeness (QED) is 0.733. The fraction of sp³-hybridized carbons (Fsp3) is 0.474. The van der Waals surface area contributed by atoms with E-state index in [1.807, 2.05) is 24.3 Å². The average Bonchev–Trinajstić information content (AvgIpc) is 2.56. The number of aliphatic imine (C=N–C) groups is 1. The molecule has 1 aliphatic heterocycles. The van der Waals surface area contributed by atoms with Crippen molar-refractivity contribution in [2.24, 2.45) is 10.9 Å². The summed E-state index contributed by atoms with van der Waals surface area (Å²) in [6, 6.07) is 7.78.